The Hall–Kier alpha value is -2.35. The molecule has 2 aliphatic heterocycles. The molecule has 2 aromatic rings. The van der Waals surface area contributed by atoms with Crippen LogP contribution in [0.25, 0.3) is 11.6 Å². The maximum Gasteiger partial charge on any atom is 0.416 e. The number of nitrogens with zero attached hydrogens (tertiary/aromatic N) is 3. The molecule has 0 spiro atoms. The molecule has 200 valence electrons. The second kappa shape index (κ2) is 11.2. The van der Waals surface area contributed by atoms with E-state index in [9.17, 15) is 13.2 Å². The van der Waals surface area contributed by atoms with E-state index in [2.05, 4.69) is 58.1 Å². The zero-order valence-electron chi connectivity index (χ0n) is 22.0. The van der Waals surface area contributed by atoms with Crippen LogP contribution in [0, 0.1) is 0 Å². The Morgan fingerprint density at radius 3 is 2.41 bits per heavy atom. The van der Waals surface area contributed by atoms with Gasteiger partial charge in [0.25, 0.3) is 0 Å². The van der Waals surface area contributed by atoms with Crippen LogP contribution in [0.3, 0.4) is 0 Å². The van der Waals surface area contributed by atoms with Gasteiger partial charge in [-0.3, -0.25) is 9.80 Å². The summed E-state index contributed by atoms with van der Waals surface area (Å²) >= 11 is 0. The van der Waals surface area contributed by atoms with E-state index in [1.165, 1.54) is 44.0 Å². The summed E-state index contributed by atoms with van der Waals surface area (Å²) in [7, 11) is 0. The van der Waals surface area contributed by atoms with Gasteiger partial charge in [-0.25, -0.2) is 0 Å². The van der Waals surface area contributed by atoms with Crippen molar-refractivity contribution in [2.24, 2.45) is 0 Å². The predicted octanol–water partition coefficient (Wildman–Crippen LogP) is 5.39. The van der Waals surface area contributed by atoms with Crippen LogP contribution in [0.4, 0.5) is 18.9 Å². The normalized spacial score (nSPS) is 19.9. The highest BCUT2D eigenvalue weighted by Crippen LogP contribution is 2.37. The Balaban J connectivity index is 1.11. The largest absolute Gasteiger partial charge is 0.416 e. The fourth-order valence-electron chi connectivity index (χ4n) is 5.87. The molecular formula is C30H39F3N4. The Morgan fingerprint density at radius 1 is 0.946 bits per heavy atom. The van der Waals surface area contributed by atoms with E-state index in [4.69, 9.17) is 0 Å². The Kier molecular flexibility index (Phi) is 7.93. The fourth-order valence-corrected chi connectivity index (χ4v) is 5.87. The second-order valence-corrected chi connectivity index (χ2v) is 11.0. The van der Waals surface area contributed by atoms with E-state index in [0.29, 0.717) is 24.1 Å². The summed E-state index contributed by atoms with van der Waals surface area (Å²) in [5.74, 6) is 0. The van der Waals surface area contributed by atoms with Gasteiger partial charge in [-0.05, 0) is 79.6 Å². The third-order valence-corrected chi connectivity index (χ3v) is 8.26. The topological polar surface area (TPSA) is 21.8 Å². The number of allylic oxidation sites excluding steroid dienone is 1. The molecule has 0 amide bonds. The number of rotatable bonds is 7. The van der Waals surface area contributed by atoms with Crippen molar-refractivity contribution in [1.82, 2.24) is 15.1 Å². The summed E-state index contributed by atoms with van der Waals surface area (Å²) < 4.78 is 39.4. The second-order valence-electron chi connectivity index (χ2n) is 11.0. The Bertz CT molecular complexity index is 1090. The van der Waals surface area contributed by atoms with Crippen molar-refractivity contribution in [3.63, 3.8) is 0 Å². The smallest absolute Gasteiger partial charge is 0.371 e. The van der Waals surface area contributed by atoms with Gasteiger partial charge in [0, 0.05) is 70.1 Å². The van der Waals surface area contributed by atoms with Crippen molar-refractivity contribution in [3.05, 3.63) is 64.7 Å². The van der Waals surface area contributed by atoms with Crippen molar-refractivity contribution in [2.45, 2.75) is 51.4 Å². The van der Waals surface area contributed by atoms with Gasteiger partial charge in [0.15, 0.2) is 0 Å². The zero-order chi connectivity index (χ0) is 26.0. The van der Waals surface area contributed by atoms with Crippen LogP contribution in [0.1, 0.15) is 48.9 Å². The highest BCUT2D eigenvalue weighted by atomic mass is 19.4. The molecule has 1 aliphatic carbocycles. The molecule has 3 aliphatic rings. The summed E-state index contributed by atoms with van der Waals surface area (Å²) in [6, 6.07) is 13.8. The summed E-state index contributed by atoms with van der Waals surface area (Å²) in [5.41, 5.74) is 4.45. The number of hydrogen-bond donors (Lipinski definition) is 1. The molecule has 5 rings (SSSR count). The van der Waals surface area contributed by atoms with Crippen LogP contribution in [-0.4, -0.2) is 74.2 Å². The molecule has 2 heterocycles. The Labute approximate surface area is 219 Å². The first kappa shape index (κ1) is 26.3. The third-order valence-electron chi connectivity index (χ3n) is 8.26. The number of alkyl halides is 3. The molecule has 2 fully saturated rings. The van der Waals surface area contributed by atoms with Crippen LogP contribution < -0.4 is 10.2 Å². The standard InChI is InChI=1S/C30H39F3N4/c1-22(2)36-16-14-35(15-17-36)13-10-34-28-8-11-37(12-9-28)29-5-3-4-23(21-29)25-18-24-6-7-27(30(31,32)33)20-26(24)19-25/h3-7,19-22,28,34H,8-18H2,1-2H3. The molecular weight excluding hydrogens is 473 g/mol. The lowest BCUT2D eigenvalue weighted by Crippen LogP contribution is -2.51. The minimum absolute atomic E-state index is 0.561. The maximum atomic E-state index is 13.1. The van der Waals surface area contributed by atoms with E-state index in [1.807, 2.05) is 6.08 Å². The lowest BCUT2D eigenvalue weighted by Gasteiger charge is -2.37. The highest BCUT2D eigenvalue weighted by Gasteiger charge is 2.31. The minimum Gasteiger partial charge on any atom is -0.371 e. The number of nitrogens with one attached hydrogen (secondary N) is 1. The molecule has 0 unspecified atom stereocenters. The molecule has 0 aromatic heterocycles. The number of halogens is 3. The number of anilines is 1. The van der Waals surface area contributed by atoms with E-state index < -0.39 is 11.7 Å². The van der Waals surface area contributed by atoms with E-state index in [-0.39, 0.29) is 0 Å². The number of benzene rings is 2. The molecule has 1 N–H and O–H groups in total. The fraction of sp³-hybridized carbons (Fsp3) is 0.533. The lowest BCUT2D eigenvalue weighted by atomic mass is 10.0. The van der Waals surface area contributed by atoms with Crippen LogP contribution in [0.2, 0.25) is 0 Å². The SMILES string of the molecule is CC(C)N1CCN(CCNC2CCN(c3cccc(C4=Cc5cc(C(F)(F)F)ccc5C4)c3)CC2)CC1. The summed E-state index contributed by atoms with van der Waals surface area (Å²) in [6.45, 7) is 13.4. The number of piperazine rings is 1. The van der Waals surface area contributed by atoms with Crippen LogP contribution in [0.5, 0.6) is 0 Å². The van der Waals surface area contributed by atoms with Crippen molar-refractivity contribution >= 4 is 17.3 Å². The van der Waals surface area contributed by atoms with Gasteiger partial charge < -0.3 is 10.2 Å². The Morgan fingerprint density at radius 2 is 1.70 bits per heavy atom. The van der Waals surface area contributed by atoms with E-state index >= 15 is 0 Å². The van der Waals surface area contributed by atoms with Crippen molar-refractivity contribution < 1.29 is 13.2 Å². The van der Waals surface area contributed by atoms with Gasteiger partial charge in [-0.2, -0.15) is 13.2 Å². The summed E-state index contributed by atoms with van der Waals surface area (Å²) in [6.07, 6.45) is 0.535. The molecule has 2 saturated heterocycles. The number of piperidine rings is 1. The molecule has 37 heavy (non-hydrogen) atoms. The molecule has 7 heteroatoms. The molecule has 0 saturated carbocycles. The van der Waals surface area contributed by atoms with Gasteiger partial charge in [-0.1, -0.05) is 24.3 Å². The predicted molar refractivity (Wildman–Crippen MR) is 146 cm³/mol. The molecule has 4 nitrogen and oxygen atoms in total. The quantitative estimate of drug-likeness (QED) is 0.537. The van der Waals surface area contributed by atoms with Crippen molar-refractivity contribution in [1.29, 1.82) is 0 Å². The first-order chi connectivity index (χ1) is 17.8. The van der Waals surface area contributed by atoms with Gasteiger partial charge in [0.1, 0.15) is 0 Å². The van der Waals surface area contributed by atoms with Crippen LogP contribution in [0.15, 0.2) is 42.5 Å². The first-order valence-electron chi connectivity index (χ1n) is 13.7. The summed E-state index contributed by atoms with van der Waals surface area (Å²) in [4.78, 5) is 7.57. The first-order valence-corrected chi connectivity index (χ1v) is 13.7. The zero-order valence-corrected chi connectivity index (χ0v) is 22.0. The van der Waals surface area contributed by atoms with Gasteiger partial charge in [0.05, 0.1) is 5.56 Å². The van der Waals surface area contributed by atoms with Gasteiger partial charge >= 0.3 is 6.18 Å². The molecule has 0 atom stereocenters. The van der Waals surface area contributed by atoms with Crippen LogP contribution in [-0.2, 0) is 12.6 Å². The van der Waals surface area contributed by atoms with Gasteiger partial charge in [0.2, 0.25) is 0 Å². The molecule has 2 aromatic carbocycles. The average Bonchev–Trinajstić information content (AvgIpc) is 3.33. The van der Waals surface area contributed by atoms with Crippen molar-refractivity contribution in [2.75, 3.05) is 57.3 Å². The minimum atomic E-state index is -4.31. The monoisotopic (exact) mass is 512 g/mol. The number of fused-ring (bicyclic) bond motifs is 1. The lowest BCUT2D eigenvalue weighted by molar-refractivity contribution is -0.137. The third kappa shape index (κ3) is 6.39. The summed E-state index contributed by atoms with van der Waals surface area (Å²) in [5, 5.41) is 3.79. The average molecular weight is 513 g/mol. The number of hydrogen-bond acceptors (Lipinski definition) is 4. The van der Waals surface area contributed by atoms with Crippen LogP contribution >= 0.6 is 0 Å². The highest BCUT2D eigenvalue weighted by molar-refractivity contribution is 5.89. The molecule has 0 radical (unpaired) electrons. The van der Waals surface area contributed by atoms with E-state index in [1.54, 1.807) is 6.07 Å². The van der Waals surface area contributed by atoms with Gasteiger partial charge in [-0.15, -0.1) is 0 Å². The molecule has 0 bridgehead atoms. The van der Waals surface area contributed by atoms with Crippen molar-refractivity contribution in [3.8, 4) is 0 Å². The maximum absolute atomic E-state index is 13.1. The van der Waals surface area contributed by atoms with E-state index in [0.717, 1.165) is 55.7 Å².